The van der Waals surface area contributed by atoms with Crippen molar-refractivity contribution < 1.29 is 59.1 Å². The van der Waals surface area contributed by atoms with Gasteiger partial charge in [0.2, 0.25) is 0 Å². The molecule has 0 aliphatic rings. The Morgan fingerprint density at radius 2 is 1.14 bits per heavy atom. The molecule has 4 heteroatoms. The van der Waals surface area contributed by atoms with Crippen LogP contribution in [0.5, 0.6) is 0 Å². The molecule has 0 N–H and O–H groups in total. The zero-order valence-electron chi connectivity index (χ0n) is 5.52. The molecular weight excluding hydrogens is 146 g/mol. The molecule has 0 rings (SSSR count). The van der Waals surface area contributed by atoms with Crippen LogP contribution >= 0.6 is 0 Å². The van der Waals surface area contributed by atoms with E-state index < -0.39 is 0 Å². The van der Waals surface area contributed by atoms with Gasteiger partial charge in [-0.2, -0.15) is 12.0 Å². The summed E-state index contributed by atoms with van der Waals surface area (Å²) in [4.78, 5) is 0. The van der Waals surface area contributed by atoms with Gasteiger partial charge in [0.25, 0.3) is 0 Å². The molecule has 0 aromatic rings. The van der Waals surface area contributed by atoms with E-state index in [1.54, 1.807) is 6.26 Å². The molecule has 0 fully saturated rings. The van der Waals surface area contributed by atoms with Crippen molar-refractivity contribution in [1.29, 1.82) is 0 Å². The van der Waals surface area contributed by atoms with Gasteiger partial charge in [0.15, 0.2) is 0 Å². The summed E-state index contributed by atoms with van der Waals surface area (Å²) in [7, 11) is 0. The summed E-state index contributed by atoms with van der Waals surface area (Å²) in [5.74, 6) is 0.833. The van der Waals surface area contributed by atoms with Crippen LogP contribution in [-0.4, -0.2) is 12.0 Å². The Morgan fingerprint density at radius 1 is 1.14 bits per heavy atom. The molecule has 0 aliphatic heterocycles. The monoisotopic (exact) mass is 154 g/mol. The van der Waals surface area contributed by atoms with Gasteiger partial charge in [-0.3, -0.25) is 0 Å². The second kappa shape index (κ2) is 37.7. The first kappa shape index (κ1) is 22.6. The van der Waals surface area contributed by atoms with Crippen LogP contribution in [0.25, 0.3) is 0 Å². The predicted molar refractivity (Wildman–Crippen MR) is 31.2 cm³/mol. The van der Waals surface area contributed by atoms with E-state index in [-0.39, 0.29) is 59.1 Å². The van der Waals surface area contributed by atoms with Crippen molar-refractivity contribution in [2.75, 3.05) is 12.0 Å². The number of hydrogen-bond donors (Lipinski definition) is 0. The molecule has 0 aliphatic carbocycles. The fourth-order valence-corrected chi connectivity index (χ4v) is 0. The largest absolute Gasteiger partial charge is 1.00 e. The average molecular weight is 154 g/mol. The van der Waals surface area contributed by atoms with Gasteiger partial charge in [0.1, 0.15) is 0 Å². The molecule has 0 amide bonds. The summed E-state index contributed by atoms with van der Waals surface area (Å²) < 4.78 is 0. The van der Waals surface area contributed by atoms with E-state index in [0.717, 1.165) is 5.75 Å². The smallest absolute Gasteiger partial charge is 0.796 e. The van der Waals surface area contributed by atoms with Gasteiger partial charge in [-0.25, -0.2) is 0 Å². The second-order valence-electron chi connectivity index (χ2n) is 0.289. The van der Waals surface area contributed by atoms with Crippen LogP contribution in [0.4, 0.5) is 0 Å². The van der Waals surface area contributed by atoms with E-state index >= 15 is 0 Å². The molecule has 0 aromatic heterocycles. The Balaban J connectivity index is -0.0000000105. The molecule has 0 bridgehead atoms. The zero-order valence-corrected chi connectivity index (χ0v) is 11.2. The maximum Gasteiger partial charge on any atom is 1.00 e. The summed E-state index contributed by atoms with van der Waals surface area (Å²) in [6.07, 6.45) is 1.58. The fourth-order valence-electron chi connectivity index (χ4n) is 0. The van der Waals surface area contributed by atoms with E-state index in [1.165, 1.54) is 0 Å². The van der Waals surface area contributed by atoms with Crippen molar-refractivity contribution in [3.63, 3.8) is 0 Å². The van der Waals surface area contributed by atoms with Gasteiger partial charge >= 0.3 is 59.1 Å². The van der Waals surface area contributed by atoms with Crippen LogP contribution in [-0.2, 0) is 25.3 Å². The van der Waals surface area contributed by atoms with Gasteiger partial charge in [-0.05, 0) is 0 Å². The zero-order chi connectivity index (χ0) is 4.71. The quantitative estimate of drug-likeness (QED) is 0.252. The molecule has 0 nitrogen and oxygen atoms in total. The first-order chi connectivity index (χ1) is 2.41. The predicted octanol–water partition coefficient (Wildman–Crippen LogP) is -5.28. The number of hydrogen-bond acceptors (Lipinski definition) is 2. The Morgan fingerprint density at radius 3 is 1.14 bits per heavy atom. The topological polar surface area (TPSA) is 0 Å². The van der Waals surface area contributed by atoms with Crippen molar-refractivity contribution in [2.24, 2.45) is 0 Å². The molecular formula is C3H8Na2S2. The van der Waals surface area contributed by atoms with Crippen molar-refractivity contribution in [2.45, 2.75) is 6.92 Å². The third-order valence-electron chi connectivity index (χ3n) is 0. The third-order valence-corrected chi connectivity index (χ3v) is 0. The number of rotatable bonds is 0. The molecule has 0 atom stereocenters. The Bertz CT molecular complexity index is 10.9. The van der Waals surface area contributed by atoms with Crippen molar-refractivity contribution in [3.8, 4) is 0 Å². The Labute approximate surface area is 102 Å². The summed E-state index contributed by atoms with van der Waals surface area (Å²) in [5.41, 5.74) is 0. The van der Waals surface area contributed by atoms with Crippen molar-refractivity contribution in [3.05, 3.63) is 0 Å². The Kier molecular flexibility index (Phi) is 122. The van der Waals surface area contributed by atoms with Crippen LogP contribution in [0.1, 0.15) is 6.92 Å². The first-order valence-corrected chi connectivity index (χ1v) is 2.80. The molecule has 0 aromatic carbocycles. The van der Waals surface area contributed by atoms with Gasteiger partial charge < -0.3 is 25.3 Å². The Hall–Kier alpha value is 2.70. The molecule has 0 saturated carbocycles. The minimum absolute atomic E-state index is 0. The van der Waals surface area contributed by atoms with Gasteiger partial charge in [0, 0.05) is 0 Å². The minimum Gasteiger partial charge on any atom is -0.796 e. The second-order valence-corrected chi connectivity index (χ2v) is 0.866. The standard InChI is InChI=1S/C2H6S.CH4S.2Na/c1-2-3;1-2;;/h3H,2H2,1H3;2H,1H3;;/q;;2*+1/p-2. The van der Waals surface area contributed by atoms with E-state index in [2.05, 4.69) is 25.3 Å². The normalized spacial score (nSPS) is 3.43. The molecule has 0 radical (unpaired) electrons. The van der Waals surface area contributed by atoms with Gasteiger partial charge in [-0.15, -0.1) is 0 Å². The summed E-state index contributed by atoms with van der Waals surface area (Å²) in [6.45, 7) is 1.94. The van der Waals surface area contributed by atoms with Gasteiger partial charge in [0.05, 0.1) is 0 Å². The maximum atomic E-state index is 4.39. The van der Waals surface area contributed by atoms with Crippen LogP contribution in [0.3, 0.4) is 0 Å². The molecule has 0 heterocycles. The summed E-state index contributed by atoms with van der Waals surface area (Å²) in [5, 5.41) is 0. The minimum atomic E-state index is 0. The van der Waals surface area contributed by atoms with E-state index in [9.17, 15) is 0 Å². The van der Waals surface area contributed by atoms with Crippen LogP contribution < -0.4 is 59.1 Å². The van der Waals surface area contributed by atoms with Crippen LogP contribution in [0.15, 0.2) is 0 Å². The van der Waals surface area contributed by atoms with Crippen LogP contribution in [0, 0.1) is 0 Å². The van der Waals surface area contributed by atoms with E-state index in [4.69, 9.17) is 0 Å². The summed E-state index contributed by atoms with van der Waals surface area (Å²) in [6, 6.07) is 0. The van der Waals surface area contributed by atoms with Crippen molar-refractivity contribution in [1.82, 2.24) is 0 Å². The van der Waals surface area contributed by atoms with Crippen molar-refractivity contribution >= 4 is 25.3 Å². The van der Waals surface area contributed by atoms with E-state index in [0.29, 0.717) is 0 Å². The third kappa shape index (κ3) is 53.6. The van der Waals surface area contributed by atoms with Crippen LogP contribution in [0.2, 0.25) is 0 Å². The van der Waals surface area contributed by atoms with E-state index in [1.807, 2.05) is 6.92 Å². The molecule has 7 heavy (non-hydrogen) atoms. The molecule has 34 valence electrons. The molecule has 0 unspecified atom stereocenters. The first-order valence-electron chi connectivity index (χ1n) is 1.40. The molecule has 0 spiro atoms. The SMILES string of the molecule is CC[S-].C[S-].[Na+].[Na+]. The average Bonchev–Trinajstić information content (AvgIpc) is 1.46. The maximum absolute atomic E-state index is 4.39. The van der Waals surface area contributed by atoms with Gasteiger partial charge in [-0.1, -0.05) is 6.92 Å². The summed E-state index contributed by atoms with van der Waals surface area (Å²) >= 11 is 8.48. The fraction of sp³-hybridized carbons (Fsp3) is 1.00. The molecule has 0 saturated heterocycles.